The third kappa shape index (κ3) is 3.67. The number of halogens is 1. The quantitative estimate of drug-likeness (QED) is 0.505. The lowest BCUT2D eigenvalue weighted by atomic mass is 10.2. The molecule has 1 aliphatic heterocycles. The van der Waals surface area contributed by atoms with Gasteiger partial charge in [-0.2, -0.15) is 0 Å². The van der Waals surface area contributed by atoms with Gasteiger partial charge in [-0.25, -0.2) is 0 Å². The maximum absolute atomic E-state index is 5.57. The number of alkyl halides is 1. The Bertz CT molecular complexity index is 170. The second-order valence-electron chi connectivity index (χ2n) is 3.73. The van der Waals surface area contributed by atoms with E-state index in [1.54, 1.807) is 0 Å². The molecule has 1 fully saturated rings. The predicted molar refractivity (Wildman–Crippen MR) is 58.4 cm³/mol. The second kappa shape index (κ2) is 5.63. The average molecular weight is 203 g/mol. The molecule has 2 nitrogen and oxygen atoms in total. The first-order valence-corrected chi connectivity index (χ1v) is 5.41. The normalized spacial score (nSPS) is 27.2. The summed E-state index contributed by atoms with van der Waals surface area (Å²) in [6, 6.07) is 0.665. The zero-order valence-electron chi connectivity index (χ0n) is 8.54. The fourth-order valence-corrected chi connectivity index (χ4v) is 1.85. The van der Waals surface area contributed by atoms with E-state index in [2.05, 4.69) is 29.8 Å². The molecule has 0 N–H and O–H groups in total. The number of allylic oxidation sites excluding steroid dienone is 1. The van der Waals surface area contributed by atoms with E-state index in [4.69, 9.17) is 11.6 Å². The van der Waals surface area contributed by atoms with Gasteiger partial charge in [0.25, 0.3) is 0 Å². The predicted octanol–water partition coefficient (Wildman–Crippen LogP) is 1.42. The van der Waals surface area contributed by atoms with Crippen molar-refractivity contribution in [3.05, 3.63) is 12.2 Å². The Balaban J connectivity index is 2.29. The Hall–Kier alpha value is -0.0500. The number of hydrogen-bond acceptors (Lipinski definition) is 2. The van der Waals surface area contributed by atoms with E-state index in [1.165, 1.54) is 19.6 Å². The third-order valence-corrected chi connectivity index (χ3v) is 2.74. The van der Waals surface area contributed by atoms with Gasteiger partial charge in [0.15, 0.2) is 0 Å². The fraction of sp³-hybridized carbons (Fsp3) is 0.800. The maximum Gasteiger partial charge on any atom is 0.0404 e. The lowest BCUT2D eigenvalue weighted by Crippen LogP contribution is -2.50. The minimum absolute atomic E-state index is 0.627. The number of likely N-dealkylation sites (N-methyl/N-ethyl adjacent to an activating group) is 1. The van der Waals surface area contributed by atoms with Gasteiger partial charge in [0.1, 0.15) is 0 Å². The molecule has 0 saturated carbocycles. The Morgan fingerprint density at radius 1 is 1.38 bits per heavy atom. The van der Waals surface area contributed by atoms with Crippen molar-refractivity contribution in [1.82, 2.24) is 9.80 Å². The molecule has 0 radical (unpaired) electrons. The van der Waals surface area contributed by atoms with E-state index in [0.29, 0.717) is 11.9 Å². The molecule has 13 heavy (non-hydrogen) atoms. The summed E-state index contributed by atoms with van der Waals surface area (Å²) in [5.74, 6) is 0.627. The summed E-state index contributed by atoms with van der Waals surface area (Å²) in [5.41, 5.74) is 0. The Labute approximate surface area is 86.2 Å². The van der Waals surface area contributed by atoms with Crippen LogP contribution in [0.4, 0.5) is 0 Å². The SMILES string of the molecule is CC1CN(C)CCN1C/C=C/CCl. The molecule has 1 rings (SSSR count). The highest BCUT2D eigenvalue weighted by molar-refractivity contribution is 6.18. The summed E-state index contributed by atoms with van der Waals surface area (Å²) in [7, 11) is 2.18. The summed E-state index contributed by atoms with van der Waals surface area (Å²) in [6.07, 6.45) is 4.18. The first-order chi connectivity index (χ1) is 6.24. The Morgan fingerprint density at radius 2 is 2.15 bits per heavy atom. The minimum atomic E-state index is 0.627. The molecule has 0 aromatic rings. The molecule has 1 atom stereocenters. The molecule has 1 saturated heterocycles. The highest BCUT2D eigenvalue weighted by Crippen LogP contribution is 2.07. The van der Waals surface area contributed by atoms with E-state index in [9.17, 15) is 0 Å². The van der Waals surface area contributed by atoms with Crippen molar-refractivity contribution >= 4 is 11.6 Å². The van der Waals surface area contributed by atoms with Gasteiger partial charge in [0, 0.05) is 38.1 Å². The molecule has 3 heteroatoms. The van der Waals surface area contributed by atoms with Crippen molar-refractivity contribution in [2.75, 3.05) is 39.1 Å². The minimum Gasteiger partial charge on any atom is -0.304 e. The van der Waals surface area contributed by atoms with E-state index >= 15 is 0 Å². The molecule has 0 amide bonds. The van der Waals surface area contributed by atoms with Gasteiger partial charge in [-0.15, -0.1) is 11.6 Å². The zero-order valence-corrected chi connectivity index (χ0v) is 9.30. The highest BCUT2D eigenvalue weighted by atomic mass is 35.5. The number of piperazine rings is 1. The summed E-state index contributed by atoms with van der Waals surface area (Å²) in [5, 5.41) is 0. The second-order valence-corrected chi connectivity index (χ2v) is 4.04. The highest BCUT2D eigenvalue weighted by Gasteiger charge is 2.19. The first-order valence-electron chi connectivity index (χ1n) is 4.87. The van der Waals surface area contributed by atoms with Crippen LogP contribution in [0.5, 0.6) is 0 Å². The Morgan fingerprint density at radius 3 is 2.77 bits per heavy atom. The van der Waals surface area contributed by atoms with Gasteiger partial charge >= 0.3 is 0 Å². The molecule has 76 valence electrons. The number of nitrogens with zero attached hydrogens (tertiary/aromatic N) is 2. The van der Waals surface area contributed by atoms with Crippen molar-refractivity contribution in [1.29, 1.82) is 0 Å². The van der Waals surface area contributed by atoms with Crippen LogP contribution in [-0.4, -0.2) is 54.9 Å². The molecule has 0 spiro atoms. The van der Waals surface area contributed by atoms with Crippen molar-refractivity contribution in [3.63, 3.8) is 0 Å². The van der Waals surface area contributed by atoms with Crippen LogP contribution in [0.15, 0.2) is 12.2 Å². The van der Waals surface area contributed by atoms with Crippen LogP contribution in [0.2, 0.25) is 0 Å². The topological polar surface area (TPSA) is 6.48 Å². The van der Waals surface area contributed by atoms with Crippen molar-refractivity contribution < 1.29 is 0 Å². The third-order valence-electron chi connectivity index (χ3n) is 2.56. The van der Waals surface area contributed by atoms with Gasteiger partial charge in [-0.1, -0.05) is 12.2 Å². The van der Waals surface area contributed by atoms with Crippen molar-refractivity contribution in [2.45, 2.75) is 13.0 Å². The van der Waals surface area contributed by atoms with E-state index < -0.39 is 0 Å². The Kier molecular flexibility index (Phi) is 4.78. The fourth-order valence-electron chi connectivity index (χ4n) is 1.72. The van der Waals surface area contributed by atoms with Crippen LogP contribution in [0.1, 0.15) is 6.92 Å². The number of rotatable bonds is 3. The maximum atomic E-state index is 5.57. The largest absolute Gasteiger partial charge is 0.304 e. The van der Waals surface area contributed by atoms with Gasteiger partial charge in [0.05, 0.1) is 0 Å². The van der Waals surface area contributed by atoms with E-state index in [1.807, 2.05) is 6.08 Å². The van der Waals surface area contributed by atoms with Gasteiger partial charge in [-0.05, 0) is 14.0 Å². The number of hydrogen-bond donors (Lipinski definition) is 0. The zero-order chi connectivity index (χ0) is 9.68. The van der Waals surface area contributed by atoms with Crippen LogP contribution in [0.25, 0.3) is 0 Å². The standard InChI is InChI=1S/C10H19ClN2/c1-10-9-12(2)7-8-13(10)6-4-3-5-11/h3-4,10H,5-9H2,1-2H3/b4-3+. The van der Waals surface area contributed by atoms with Gasteiger partial charge in [-0.3, -0.25) is 4.90 Å². The van der Waals surface area contributed by atoms with Crippen LogP contribution in [-0.2, 0) is 0 Å². The van der Waals surface area contributed by atoms with Gasteiger partial charge in [0.2, 0.25) is 0 Å². The van der Waals surface area contributed by atoms with Crippen molar-refractivity contribution in [2.24, 2.45) is 0 Å². The molecule has 0 aromatic heterocycles. The lowest BCUT2D eigenvalue weighted by Gasteiger charge is -2.37. The van der Waals surface area contributed by atoms with Crippen LogP contribution in [0.3, 0.4) is 0 Å². The molecule has 0 bridgehead atoms. The van der Waals surface area contributed by atoms with Gasteiger partial charge < -0.3 is 4.90 Å². The molecule has 1 unspecified atom stereocenters. The smallest absolute Gasteiger partial charge is 0.0404 e. The lowest BCUT2D eigenvalue weighted by molar-refractivity contribution is 0.112. The summed E-state index contributed by atoms with van der Waals surface area (Å²) in [4.78, 5) is 4.87. The average Bonchev–Trinajstić information content (AvgIpc) is 2.09. The summed E-state index contributed by atoms with van der Waals surface area (Å²) < 4.78 is 0. The molecule has 1 heterocycles. The van der Waals surface area contributed by atoms with Crippen LogP contribution >= 0.6 is 11.6 Å². The molecule has 1 aliphatic rings. The first kappa shape index (κ1) is 11.0. The molecule has 0 aliphatic carbocycles. The van der Waals surface area contributed by atoms with E-state index in [0.717, 1.165) is 6.54 Å². The summed E-state index contributed by atoms with van der Waals surface area (Å²) in [6.45, 7) is 6.85. The molecule has 0 aromatic carbocycles. The molecular formula is C10H19ClN2. The van der Waals surface area contributed by atoms with Crippen molar-refractivity contribution in [3.8, 4) is 0 Å². The van der Waals surface area contributed by atoms with E-state index in [-0.39, 0.29) is 0 Å². The molecular weight excluding hydrogens is 184 g/mol. The monoisotopic (exact) mass is 202 g/mol. The van der Waals surface area contributed by atoms with Crippen LogP contribution < -0.4 is 0 Å². The summed E-state index contributed by atoms with van der Waals surface area (Å²) >= 11 is 5.57. The van der Waals surface area contributed by atoms with Crippen LogP contribution in [0, 0.1) is 0 Å².